The van der Waals surface area contributed by atoms with Crippen molar-refractivity contribution in [3.05, 3.63) is 69.1 Å². The van der Waals surface area contributed by atoms with Gasteiger partial charge in [-0.2, -0.15) is 10.4 Å². The van der Waals surface area contributed by atoms with E-state index in [4.69, 9.17) is 5.26 Å². The highest BCUT2D eigenvalue weighted by atomic mass is 79.9. The van der Waals surface area contributed by atoms with Crippen molar-refractivity contribution in [1.29, 1.82) is 5.26 Å². The summed E-state index contributed by atoms with van der Waals surface area (Å²) in [5.41, 5.74) is 4.05. The SMILES string of the molecule is Cc1cc(N2C(=O)c3cc(Br)n(C(C)C)c3C2c2ccc(C#N)cc2)n(C)n1. The van der Waals surface area contributed by atoms with Crippen molar-refractivity contribution in [2.45, 2.75) is 32.9 Å². The van der Waals surface area contributed by atoms with Crippen molar-refractivity contribution in [2.24, 2.45) is 7.05 Å². The molecular weight excluding hydrogens is 418 g/mol. The predicted molar refractivity (Wildman–Crippen MR) is 110 cm³/mol. The highest BCUT2D eigenvalue weighted by Gasteiger charge is 2.43. The largest absolute Gasteiger partial charge is 0.334 e. The fourth-order valence-corrected chi connectivity index (χ4v) is 4.79. The van der Waals surface area contributed by atoms with Gasteiger partial charge in [-0.15, -0.1) is 0 Å². The molecule has 3 heterocycles. The molecule has 0 fully saturated rings. The normalized spacial score (nSPS) is 16.0. The van der Waals surface area contributed by atoms with Gasteiger partial charge in [0.2, 0.25) is 0 Å². The Morgan fingerprint density at radius 1 is 1.21 bits per heavy atom. The first-order valence-corrected chi connectivity index (χ1v) is 9.87. The Balaban J connectivity index is 1.97. The summed E-state index contributed by atoms with van der Waals surface area (Å²) in [6.07, 6.45) is 0. The van der Waals surface area contributed by atoms with Crippen molar-refractivity contribution in [1.82, 2.24) is 14.3 Å². The molecule has 0 N–H and O–H groups in total. The number of rotatable bonds is 3. The second-order valence-corrected chi connectivity index (χ2v) is 8.12. The number of aryl methyl sites for hydroxylation is 2. The number of nitriles is 1. The molecule has 0 saturated carbocycles. The first kappa shape index (κ1) is 18.5. The minimum atomic E-state index is -0.293. The van der Waals surface area contributed by atoms with Gasteiger partial charge in [-0.25, -0.2) is 0 Å². The van der Waals surface area contributed by atoms with Gasteiger partial charge in [0.05, 0.1) is 33.2 Å². The molecule has 1 aromatic carbocycles. The second-order valence-electron chi connectivity index (χ2n) is 7.31. The van der Waals surface area contributed by atoms with E-state index in [1.165, 1.54) is 0 Å². The fourth-order valence-electron chi connectivity index (χ4n) is 3.96. The fraction of sp³-hybridized carbons (Fsp3) is 0.286. The van der Waals surface area contributed by atoms with E-state index in [1.54, 1.807) is 21.7 Å². The number of halogens is 1. The Kier molecular flexibility index (Phi) is 4.39. The van der Waals surface area contributed by atoms with Crippen molar-refractivity contribution in [3.8, 4) is 6.07 Å². The molecule has 0 bridgehead atoms. The monoisotopic (exact) mass is 437 g/mol. The van der Waals surface area contributed by atoms with Crippen molar-refractivity contribution in [2.75, 3.05) is 4.90 Å². The van der Waals surface area contributed by atoms with Gasteiger partial charge in [-0.05, 0) is 60.5 Å². The third-order valence-corrected chi connectivity index (χ3v) is 5.70. The molecule has 6 nitrogen and oxygen atoms in total. The van der Waals surface area contributed by atoms with E-state index in [0.29, 0.717) is 11.1 Å². The van der Waals surface area contributed by atoms with Crippen molar-refractivity contribution < 1.29 is 4.79 Å². The zero-order chi connectivity index (χ0) is 20.2. The zero-order valence-electron chi connectivity index (χ0n) is 16.1. The minimum Gasteiger partial charge on any atom is -0.334 e. The number of aromatic nitrogens is 3. The van der Waals surface area contributed by atoms with Gasteiger partial charge in [0.15, 0.2) is 0 Å². The molecule has 1 aliphatic heterocycles. The number of anilines is 1. The molecule has 0 radical (unpaired) electrons. The van der Waals surface area contributed by atoms with Gasteiger partial charge >= 0.3 is 0 Å². The summed E-state index contributed by atoms with van der Waals surface area (Å²) in [7, 11) is 1.85. The number of carbonyl (C=O) groups is 1. The molecule has 0 aliphatic carbocycles. The summed E-state index contributed by atoms with van der Waals surface area (Å²) in [6.45, 7) is 6.11. The average molecular weight is 438 g/mol. The Bertz CT molecular complexity index is 1120. The van der Waals surface area contributed by atoms with Crippen LogP contribution in [0.2, 0.25) is 0 Å². The number of nitrogens with zero attached hydrogens (tertiary/aromatic N) is 5. The van der Waals surface area contributed by atoms with E-state index < -0.39 is 0 Å². The Labute approximate surface area is 172 Å². The van der Waals surface area contributed by atoms with Gasteiger partial charge in [0, 0.05) is 19.2 Å². The number of benzene rings is 1. The number of fused-ring (bicyclic) bond motifs is 1. The van der Waals surface area contributed by atoms with Crippen LogP contribution in [0, 0.1) is 18.3 Å². The molecule has 2 aromatic heterocycles. The van der Waals surface area contributed by atoms with Gasteiger partial charge < -0.3 is 4.57 Å². The van der Waals surface area contributed by atoms with Gasteiger partial charge in [0.25, 0.3) is 5.91 Å². The number of carbonyl (C=O) groups excluding carboxylic acids is 1. The molecule has 4 rings (SSSR count). The van der Waals surface area contributed by atoms with E-state index in [1.807, 2.05) is 38.2 Å². The molecule has 142 valence electrons. The van der Waals surface area contributed by atoms with Gasteiger partial charge in [-0.1, -0.05) is 12.1 Å². The van der Waals surface area contributed by atoms with Crippen LogP contribution in [0.5, 0.6) is 0 Å². The average Bonchev–Trinajstić information content (AvgIpc) is 3.25. The maximum Gasteiger partial charge on any atom is 0.262 e. The van der Waals surface area contributed by atoms with Crippen molar-refractivity contribution >= 4 is 27.7 Å². The van der Waals surface area contributed by atoms with E-state index in [0.717, 1.165) is 27.4 Å². The highest BCUT2D eigenvalue weighted by Crippen LogP contribution is 2.45. The van der Waals surface area contributed by atoms with E-state index in [2.05, 4.69) is 45.5 Å². The van der Waals surface area contributed by atoms with Crippen LogP contribution >= 0.6 is 15.9 Å². The first-order valence-electron chi connectivity index (χ1n) is 9.08. The number of amides is 1. The first-order chi connectivity index (χ1) is 13.3. The lowest BCUT2D eigenvalue weighted by Crippen LogP contribution is -2.31. The molecule has 1 aliphatic rings. The summed E-state index contributed by atoms with van der Waals surface area (Å²) in [5, 5.41) is 13.6. The number of hydrogen-bond donors (Lipinski definition) is 0. The number of hydrogen-bond acceptors (Lipinski definition) is 3. The Morgan fingerprint density at radius 2 is 1.89 bits per heavy atom. The molecule has 3 aromatic rings. The summed E-state index contributed by atoms with van der Waals surface area (Å²) >= 11 is 3.62. The topological polar surface area (TPSA) is 66.8 Å². The smallest absolute Gasteiger partial charge is 0.262 e. The lowest BCUT2D eigenvalue weighted by atomic mass is 10.0. The van der Waals surface area contributed by atoms with E-state index in [-0.39, 0.29) is 18.0 Å². The molecule has 1 atom stereocenters. The quantitative estimate of drug-likeness (QED) is 0.605. The minimum absolute atomic E-state index is 0.0486. The molecular formula is C21H20BrN5O. The Morgan fingerprint density at radius 3 is 2.43 bits per heavy atom. The molecule has 1 unspecified atom stereocenters. The summed E-state index contributed by atoms with van der Waals surface area (Å²) in [4.78, 5) is 15.3. The van der Waals surface area contributed by atoms with Crippen LogP contribution in [0.4, 0.5) is 5.82 Å². The summed E-state index contributed by atoms with van der Waals surface area (Å²) in [5.74, 6) is 0.701. The molecule has 1 amide bonds. The van der Waals surface area contributed by atoms with Crippen LogP contribution in [0.25, 0.3) is 0 Å². The Hall–Kier alpha value is -2.85. The van der Waals surface area contributed by atoms with E-state index in [9.17, 15) is 4.79 Å². The van der Waals surface area contributed by atoms with E-state index >= 15 is 0 Å². The maximum absolute atomic E-state index is 13.5. The van der Waals surface area contributed by atoms with Gasteiger partial charge in [-0.3, -0.25) is 14.4 Å². The van der Waals surface area contributed by atoms with Crippen LogP contribution in [-0.2, 0) is 7.05 Å². The third-order valence-electron chi connectivity index (χ3n) is 5.09. The van der Waals surface area contributed by atoms with Crippen LogP contribution in [0.15, 0.2) is 41.0 Å². The van der Waals surface area contributed by atoms with Gasteiger partial charge in [0.1, 0.15) is 11.9 Å². The molecule has 0 spiro atoms. The third kappa shape index (κ3) is 2.68. The summed E-state index contributed by atoms with van der Waals surface area (Å²) < 4.78 is 4.78. The maximum atomic E-state index is 13.5. The predicted octanol–water partition coefficient (Wildman–Crippen LogP) is 4.49. The highest BCUT2D eigenvalue weighted by molar-refractivity contribution is 9.10. The van der Waals surface area contributed by atoms with Crippen LogP contribution < -0.4 is 4.90 Å². The molecule has 7 heteroatoms. The molecule has 0 saturated heterocycles. The van der Waals surface area contributed by atoms with Crippen LogP contribution in [-0.4, -0.2) is 20.3 Å². The van der Waals surface area contributed by atoms with Crippen LogP contribution in [0.1, 0.15) is 58.8 Å². The van der Waals surface area contributed by atoms with Crippen molar-refractivity contribution in [3.63, 3.8) is 0 Å². The second kappa shape index (κ2) is 6.64. The summed E-state index contributed by atoms with van der Waals surface area (Å²) in [6, 6.07) is 13.3. The molecule has 28 heavy (non-hydrogen) atoms. The van der Waals surface area contributed by atoms with Crippen LogP contribution in [0.3, 0.4) is 0 Å². The lowest BCUT2D eigenvalue weighted by molar-refractivity contribution is 0.0992. The lowest BCUT2D eigenvalue weighted by Gasteiger charge is -2.28. The zero-order valence-corrected chi connectivity index (χ0v) is 17.7. The standard InChI is InChI=1S/C21H20BrN5O/c1-12(2)26-17(22)10-16-20(26)19(15-7-5-14(11-23)6-8-15)27(21(16)28)18-9-13(3)24-25(18)4/h5-10,12,19H,1-4H3.